The van der Waals surface area contributed by atoms with Gasteiger partial charge in [0, 0.05) is 6.42 Å². The number of anilines is 1. The summed E-state index contributed by atoms with van der Waals surface area (Å²) in [5.74, 6) is -0.449. The first-order valence-corrected chi connectivity index (χ1v) is 8.68. The third-order valence-electron chi connectivity index (χ3n) is 3.54. The summed E-state index contributed by atoms with van der Waals surface area (Å²) >= 11 is 1.54. The number of thioether (sulfide) groups is 1. The summed E-state index contributed by atoms with van der Waals surface area (Å²) in [5.41, 5.74) is 12.5. The Hall–Kier alpha value is -2.13. The highest BCUT2D eigenvalue weighted by atomic mass is 32.2. The molecule has 1 aromatic carbocycles. The molecule has 0 aliphatic carbocycles. The molecule has 0 amide bonds. The quantitative estimate of drug-likeness (QED) is 0.452. The van der Waals surface area contributed by atoms with Gasteiger partial charge in [0.1, 0.15) is 6.04 Å². The highest BCUT2D eigenvalue weighted by Crippen LogP contribution is 2.39. The molecule has 0 saturated heterocycles. The number of aliphatic carboxylic acids is 1. The van der Waals surface area contributed by atoms with Gasteiger partial charge in [-0.2, -0.15) is 11.8 Å². The standard InChI is InChI=1S/C15H20N2O6S/c1-24-5-4-9(16)15(20)23-11(14(18)19)6-8-2-3-10-13(12(8)17)22-7-21-10/h2-3,9,11H,4-7,16-17H2,1H3,(H,18,19). The molecule has 1 heterocycles. The third-order valence-corrected chi connectivity index (χ3v) is 4.19. The first-order chi connectivity index (χ1) is 11.4. The van der Waals surface area contributed by atoms with Crippen LogP contribution in [0.5, 0.6) is 11.5 Å². The number of carboxylic acid groups (broad SMARTS) is 1. The number of benzene rings is 1. The Kier molecular flexibility index (Phi) is 6.16. The lowest BCUT2D eigenvalue weighted by atomic mass is 10.0. The molecule has 5 N–H and O–H groups in total. The van der Waals surface area contributed by atoms with Crippen molar-refractivity contribution in [3.8, 4) is 11.5 Å². The van der Waals surface area contributed by atoms with Gasteiger partial charge in [-0.3, -0.25) is 4.79 Å². The summed E-state index contributed by atoms with van der Waals surface area (Å²) in [4.78, 5) is 23.3. The molecule has 0 bridgehead atoms. The number of carbonyl (C=O) groups excluding carboxylic acids is 1. The molecular formula is C15H20N2O6S. The number of hydrogen-bond donors (Lipinski definition) is 3. The van der Waals surface area contributed by atoms with Crippen molar-refractivity contribution in [2.75, 3.05) is 24.5 Å². The highest BCUT2D eigenvalue weighted by molar-refractivity contribution is 7.98. The smallest absolute Gasteiger partial charge is 0.345 e. The summed E-state index contributed by atoms with van der Waals surface area (Å²) in [6.45, 7) is 0.0601. The predicted octanol–water partition coefficient (Wildman–Crippen LogP) is 0.617. The van der Waals surface area contributed by atoms with Crippen molar-refractivity contribution in [1.82, 2.24) is 0 Å². The van der Waals surface area contributed by atoms with E-state index in [0.717, 1.165) is 0 Å². The van der Waals surface area contributed by atoms with Crippen molar-refractivity contribution in [2.24, 2.45) is 5.73 Å². The Balaban J connectivity index is 2.07. The van der Waals surface area contributed by atoms with Gasteiger partial charge in [-0.25, -0.2) is 4.79 Å². The van der Waals surface area contributed by atoms with E-state index in [9.17, 15) is 14.7 Å². The van der Waals surface area contributed by atoms with Crippen molar-refractivity contribution in [3.05, 3.63) is 17.7 Å². The van der Waals surface area contributed by atoms with Crippen molar-refractivity contribution >= 4 is 29.4 Å². The lowest BCUT2D eigenvalue weighted by molar-refractivity contribution is -0.164. The maximum atomic E-state index is 11.9. The number of nitrogen functional groups attached to an aromatic ring is 1. The fourth-order valence-electron chi connectivity index (χ4n) is 2.18. The van der Waals surface area contributed by atoms with Crippen molar-refractivity contribution in [3.63, 3.8) is 0 Å². The number of hydrogen-bond acceptors (Lipinski definition) is 8. The Bertz CT molecular complexity index is 624. The number of carbonyl (C=O) groups is 2. The predicted molar refractivity (Wildman–Crippen MR) is 89.2 cm³/mol. The molecule has 1 aliphatic rings. The molecule has 0 spiro atoms. The molecule has 2 unspecified atom stereocenters. The van der Waals surface area contributed by atoms with Crippen LogP contribution >= 0.6 is 11.8 Å². The van der Waals surface area contributed by atoms with Crippen molar-refractivity contribution in [2.45, 2.75) is 25.0 Å². The van der Waals surface area contributed by atoms with Gasteiger partial charge in [-0.1, -0.05) is 6.07 Å². The van der Waals surface area contributed by atoms with E-state index in [1.807, 2.05) is 6.26 Å². The van der Waals surface area contributed by atoms with Gasteiger partial charge in [-0.05, 0) is 30.1 Å². The number of carboxylic acids is 1. The summed E-state index contributed by atoms with van der Waals surface area (Å²) in [7, 11) is 0. The zero-order chi connectivity index (χ0) is 17.7. The average Bonchev–Trinajstić information content (AvgIpc) is 3.03. The minimum atomic E-state index is -1.37. The number of rotatable bonds is 8. The van der Waals surface area contributed by atoms with Crippen LogP contribution in [0.15, 0.2) is 12.1 Å². The average molecular weight is 356 g/mol. The number of esters is 1. The molecule has 8 nitrogen and oxygen atoms in total. The molecule has 1 aromatic rings. The summed E-state index contributed by atoms with van der Waals surface area (Å²) in [6.07, 6.45) is 0.846. The van der Waals surface area contributed by atoms with Crippen LogP contribution in [0.25, 0.3) is 0 Å². The maximum absolute atomic E-state index is 11.9. The van der Waals surface area contributed by atoms with Gasteiger partial charge in [0.25, 0.3) is 0 Å². The van der Waals surface area contributed by atoms with Gasteiger partial charge in [0.15, 0.2) is 11.5 Å². The van der Waals surface area contributed by atoms with E-state index in [0.29, 0.717) is 29.2 Å². The summed E-state index contributed by atoms with van der Waals surface area (Å²) in [6, 6.07) is 2.41. The van der Waals surface area contributed by atoms with E-state index in [4.69, 9.17) is 25.7 Å². The second-order valence-corrected chi connectivity index (χ2v) is 6.21. The van der Waals surface area contributed by atoms with Crippen LogP contribution < -0.4 is 20.9 Å². The van der Waals surface area contributed by atoms with E-state index in [1.54, 1.807) is 23.9 Å². The van der Waals surface area contributed by atoms with Gasteiger partial charge < -0.3 is 30.8 Å². The number of fused-ring (bicyclic) bond motifs is 1. The van der Waals surface area contributed by atoms with Gasteiger partial charge in [-0.15, -0.1) is 0 Å². The van der Waals surface area contributed by atoms with Crippen LogP contribution in [0.4, 0.5) is 5.69 Å². The SMILES string of the molecule is CSCCC(N)C(=O)OC(Cc1ccc2c(c1N)OCO2)C(=O)O. The fourth-order valence-corrected chi connectivity index (χ4v) is 2.67. The molecule has 2 atom stereocenters. The fraction of sp³-hybridized carbons (Fsp3) is 0.467. The monoisotopic (exact) mass is 356 g/mol. The first kappa shape index (κ1) is 18.2. The summed E-state index contributed by atoms with van der Waals surface area (Å²) in [5, 5.41) is 9.31. The van der Waals surface area contributed by atoms with Crippen molar-refractivity contribution < 1.29 is 28.9 Å². The molecule has 9 heteroatoms. The molecule has 0 fully saturated rings. The van der Waals surface area contributed by atoms with Gasteiger partial charge in [0.2, 0.25) is 12.9 Å². The number of ether oxygens (including phenoxy) is 3. The van der Waals surface area contributed by atoms with Crippen molar-refractivity contribution in [1.29, 1.82) is 0 Å². The topological polar surface area (TPSA) is 134 Å². The Morgan fingerprint density at radius 2 is 2.17 bits per heavy atom. The van der Waals surface area contributed by atoms with Gasteiger partial charge in [0.05, 0.1) is 5.69 Å². The Morgan fingerprint density at radius 3 is 2.83 bits per heavy atom. The molecule has 2 rings (SSSR count). The lowest BCUT2D eigenvalue weighted by Crippen LogP contribution is -2.38. The first-order valence-electron chi connectivity index (χ1n) is 7.28. The molecule has 0 aromatic heterocycles. The molecule has 132 valence electrons. The molecule has 24 heavy (non-hydrogen) atoms. The number of nitrogens with two attached hydrogens (primary N) is 2. The van der Waals surface area contributed by atoms with Crippen LogP contribution in [0.1, 0.15) is 12.0 Å². The van der Waals surface area contributed by atoms with E-state index in [-0.39, 0.29) is 18.9 Å². The molecular weight excluding hydrogens is 336 g/mol. The molecule has 0 saturated carbocycles. The van der Waals surface area contributed by atoms with Gasteiger partial charge >= 0.3 is 11.9 Å². The van der Waals surface area contributed by atoms with Crippen LogP contribution in [0, 0.1) is 0 Å². The third kappa shape index (κ3) is 4.24. The van der Waals surface area contributed by atoms with Crippen LogP contribution in [-0.4, -0.2) is 48.0 Å². The second kappa shape index (κ2) is 8.11. The maximum Gasteiger partial charge on any atom is 0.345 e. The van der Waals surface area contributed by atoms with Crippen LogP contribution in [0.2, 0.25) is 0 Å². The largest absolute Gasteiger partial charge is 0.478 e. The minimum Gasteiger partial charge on any atom is -0.478 e. The lowest BCUT2D eigenvalue weighted by Gasteiger charge is -2.18. The Morgan fingerprint density at radius 1 is 1.42 bits per heavy atom. The van der Waals surface area contributed by atoms with E-state index >= 15 is 0 Å². The molecule has 0 radical (unpaired) electrons. The van der Waals surface area contributed by atoms with E-state index in [1.165, 1.54) is 0 Å². The Labute approximate surface area is 143 Å². The van der Waals surface area contributed by atoms with E-state index < -0.39 is 24.1 Å². The van der Waals surface area contributed by atoms with Crippen LogP contribution in [0.3, 0.4) is 0 Å². The van der Waals surface area contributed by atoms with Crippen LogP contribution in [-0.2, 0) is 20.7 Å². The molecule has 1 aliphatic heterocycles. The highest BCUT2D eigenvalue weighted by Gasteiger charge is 2.28. The zero-order valence-corrected chi connectivity index (χ0v) is 14.0. The van der Waals surface area contributed by atoms with E-state index in [2.05, 4.69) is 0 Å². The minimum absolute atomic E-state index is 0.0601. The second-order valence-electron chi connectivity index (χ2n) is 5.23. The normalized spacial score (nSPS) is 14.9. The zero-order valence-electron chi connectivity index (χ0n) is 13.2. The summed E-state index contributed by atoms with van der Waals surface area (Å²) < 4.78 is 15.5.